The Bertz CT molecular complexity index is 597. The Kier molecular flexibility index (Phi) is 14.4. The van der Waals surface area contributed by atoms with Crippen molar-refractivity contribution in [3.63, 3.8) is 0 Å². The molecular weight excluding hydrogens is 364 g/mol. The topological polar surface area (TPSA) is 72.2 Å². The molecule has 5 heteroatoms. The molecule has 0 unspecified atom stereocenters. The molecule has 1 N–H and O–H groups in total. The highest BCUT2D eigenvalue weighted by Gasteiger charge is 2.06. The van der Waals surface area contributed by atoms with Gasteiger partial charge in [0.15, 0.2) is 0 Å². The SMILES string of the molecule is CCCCCCCC/C=C\CCCCCCCC(=O)Nc1ccc([N+](=O)[O-])cc1. The average molecular weight is 403 g/mol. The minimum Gasteiger partial charge on any atom is -0.326 e. The molecule has 1 aromatic carbocycles. The maximum atomic E-state index is 11.9. The first kappa shape index (κ1) is 24.9. The Labute approximate surface area is 176 Å². The Hall–Kier alpha value is -2.17. The normalized spacial score (nSPS) is 11.1. The number of anilines is 1. The summed E-state index contributed by atoms with van der Waals surface area (Å²) in [6, 6.07) is 5.93. The van der Waals surface area contributed by atoms with E-state index in [0.29, 0.717) is 12.1 Å². The van der Waals surface area contributed by atoms with E-state index >= 15 is 0 Å². The molecule has 1 aromatic rings. The molecule has 0 saturated carbocycles. The number of carbonyl (C=O) groups excluding carboxylic acids is 1. The van der Waals surface area contributed by atoms with Crippen LogP contribution >= 0.6 is 0 Å². The molecule has 0 aromatic heterocycles. The molecule has 0 spiro atoms. The van der Waals surface area contributed by atoms with Crippen molar-refractivity contribution in [2.45, 2.75) is 96.8 Å². The largest absolute Gasteiger partial charge is 0.326 e. The number of hydrogen-bond acceptors (Lipinski definition) is 3. The second-order valence-corrected chi connectivity index (χ2v) is 7.69. The number of carbonyl (C=O) groups is 1. The fourth-order valence-electron chi connectivity index (χ4n) is 3.25. The Morgan fingerprint density at radius 3 is 1.93 bits per heavy atom. The summed E-state index contributed by atoms with van der Waals surface area (Å²) in [5.41, 5.74) is 0.633. The van der Waals surface area contributed by atoms with Crippen molar-refractivity contribution >= 4 is 17.3 Å². The van der Waals surface area contributed by atoms with Gasteiger partial charge in [-0.3, -0.25) is 14.9 Å². The predicted octanol–water partition coefficient (Wildman–Crippen LogP) is 7.57. The van der Waals surface area contributed by atoms with E-state index in [-0.39, 0.29) is 11.6 Å². The quantitative estimate of drug-likeness (QED) is 0.126. The van der Waals surface area contributed by atoms with E-state index < -0.39 is 4.92 Å². The number of hydrogen-bond donors (Lipinski definition) is 1. The fraction of sp³-hybridized carbons (Fsp3) is 0.625. The fourth-order valence-corrected chi connectivity index (χ4v) is 3.25. The molecule has 0 aliphatic heterocycles. The van der Waals surface area contributed by atoms with Gasteiger partial charge in [-0.1, -0.05) is 70.4 Å². The highest BCUT2D eigenvalue weighted by Crippen LogP contribution is 2.16. The number of allylic oxidation sites excluding steroid dienone is 2. The Balaban J connectivity index is 1.93. The minimum atomic E-state index is -0.447. The smallest absolute Gasteiger partial charge is 0.269 e. The number of non-ortho nitro benzene ring substituents is 1. The van der Waals surface area contributed by atoms with Crippen LogP contribution in [0.1, 0.15) is 96.8 Å². The van der Waals surface area contributed by atoms with Gasteiger partial charge in [0.05, 0.1) is 4.92 Å². The third-order valence-electron chi connectivity index (χ3n) is 5.03. The maximum absolute atomic E-state index is 11.9. The molecule has 5 nitrogen and oxygen atoms in total. The van der Waals surface area contributed by atoms with Crippen molar-refractivity contribution in [2.75, 3.05) is 5.32 Å². The monoisotopic (exact) mass is 402 g/mol. The molecule has 0 radical (unpaired) electrons. The lowest BCUT2D eigenvalue weighted by molar-refractivity contribution is -0.384. The molecule has 1 amide bonds. The number of nitro benzene ring substituents is 1. The zero-order chi connectivity index (χ0) is 21.2. The molecule has 29 heavy (non-hydrogen) atoms. The molecular formula is C24H38N2O3. The summed E-state index contributed by atoms with van der Waals surface area (Å²) >= 11 is 0. The number of unbranched alkanes of at least 4 members (excludes halogenated alkanes) is 11. The van der Waals surface area contributed by atoms with E-state index in [1.807, 2.05) is 0 Å². The molecule has 0 bridgehead atoms. The van der Waals surface area contributed by atoms with E-state index in [0.717, 1.165) is 25.7 Å². The van der Waals surface area contributed by atoms with Crippen LogP contribution in [0.25, 0.3) is 0 Å². The molecule has 0 saturated heterocycles. The second kappa shape index (κ2) is 16.8. The summed E-state index contributed by atoms with van der Waals surface area (Å²) in [4.78, 5) is 22.1. The van der Waals surface area contributed by atoms with Crippen LogP contribution in [0.15, 0.2) is 36.4 Å². The van der Waals surface area contributed by atoms with Crippen molar-refractivity contribution in [1.82, 2.24) is 0 Å². The number of nitro groups is 1. The summed E-state index contributed by atoms with van der Waals surface area (Å²) in [5, 5.41) is 13.4. The lowest BCUT2D eigenvalue weighted by Crippen LogP contribution is -2.10. The zero-order valence-corrected chi connectivity index (χ0v) is 18.0. The van der Waals surface area contributed by atoms with Gasteiger partial charge in [-0.05, 0) is 44.2 Å². The summed E-state index contributed by atoms with van der Waals surface area (Å²) in [5.74, 6) is -0.0310. The number of nitrogens with zero attached hydrogens (tertiary/aromatic N) is 1. The van der Waals surface area contributed by atoms with Gasteiger partial charge < -0.3 is 5.32 Å². The van der Waals surface area contributed by atoms with Crippen LogP contribution in [0, 0.1) is 10.1 Å². The van der Waals surface area contributed by atoms with Crippen molar-refractivity contribution in [1.29, 1.82) is 0 Å². The van der Waals surface area contributed by atoms with Gasteiger partial charge in [0, 0.05) is 24.2 Å². The van der Waals surface area contributed by atoms with E-state index in [9.17, 15) is 14.9 Å². The van der Waals surface area contributed by atoms with Crippen LogP contribution in [0.2, 0.25) is 0 Å². The lowest BCUT2D eigenvalue weighted by Gasteiger charge is -2.05. The highest BCUT2D eigenvalue weighted by atomic mass is 16.6. The van der Waals surface area contributed by atoms with Gasteiger partial charge in [-0.2, -0.15) is 0 Å². The molecule has 0 aliphatic rings. The average Bonchev–Trinajstić information content (AvgIpc) is 2.71. The van der Waals surface area contributed by atoms with Crippen molar-refractivity contribution in [3.8, 4) is 0 Å². The molecule has 0 aliphatic carbocycles. The van der Waals surface area contributed by atoms with Crippen LogP contribution in [0.4, 0.5) is 11.4 Å². The van der Waals surface area contributed by atoms with Gasteiger partial charge in [0.2, 0.25) is 5.91 Å². The summed E-state index contributed by atoms with van der Waals surface area (Å²) in [7, 11) is 0. The lowest BCUT2D eigenvalue weighted by atomic mass is 10.1. The van der Waals surface area contributed by atoms with Crippen LogP contribution < -0.4 is 5.32 Å². The number of amides is 1. The van der Waals surface area contributed by atoms with E-state index in [2.05, 4.69) is 24.4 Å². The van der Waals surface area contributed by atoms with E-state index in [1.165, 1.54) is 69.9 Å². The first-order valence-corrected chi connectivity index (χ1v) is 11.3. The first-order valence-electron chi connectivity index (χ1n) is 11.3. The molecule has 1 rings (SSSR count). The number of rotatable bonds is 17. The molecule has 0 atom stereocenters. The van der Waals surface area contributed by atoms with Crippen molar-refractivity contribution in [3.05, 3.63) is 46.5 Å². The maximum Gasteiger partial charge on any atom is 0.269 e. The number of nitrogens with one attached hydrogen (secondary N) is 1. The van der Waals surface area contributed by atoms with Crippen LogP contribution in [-0.2, 0) is 4.79 Å². The molecule has 0 heterocycles. The summed E-state index contributed by atoms with van der Waals surface area (Å²) in [6.07, 6.45) is 21.2. The van der Waals surface area contributed by atoms with Crippen molar-refractivity contribution < 1.29 is 9.72 Å². The van der Waals surface area contributed by atoms with Gasteiger partial charge in [-0.15, -0.1) is 0 Å². The summed E-state index contributed by atoms with van der Waals surface area (Å²) in [6.45, 7) is 2.25. The Morgan fingerprint density at radius 2 is 1.38 bits per heavy atom. The van der Waals surface area contributed by atoms with Crippen LogP contribution in [0.3, 0.4) is 0 Å². The van der Waals surface area contributed by atoms with Crippen molar-refractivity contribution in [2.24, 2.45) is 0 Å². The van der Waals surface area contributed by atoms with Gasteiger partial charge in [0.1, 0.15) is 0 Å². The molecule has 162 valence electrons. The van der Waals surface area contributed by atoms with E-state index in [4.69, 9.17) is 0 Å². The Morgan fingerprint density at radius 1 is 0.862 bits per heavy atom. The first-order chi connectivity index (χ1) is 14.1. The number of benzene rings is 1. The summed E-state index contributed by atoms with van der Waals surface area (Å²) < 4.78 is 0. The predicted molar refractivity (Wildman–Crippen MR) is 121 cm³/mol. The van der Waals surface area contributed by atoms with Gasteiger partial charge in [0.25, 0.3) is 5.69 Å². The van der Waals surface area contributed by atoms with Crippen LogP contribution in [-0.4, -0.2) is 10.8 Å². The van der Waals surface area contributed by atoms with Gasteiger partial charge >= 0.3 is 0 Å². The minimum absolute atomic E-state index is 0.0280. The van der Waals surface area contributed by atoms with Gasteiger partial charge in [-0.25, -0.2) is 0 Å². The third-order valence-corrected chi connectivity index (χ3v) is 5.03. The molecule has 0 fully saturated rings. The zero-order valence-electron chi connectivity index (χ0n) is 18.0. The second-order valence-electron chi connectivity index (χ2n) is 7.69. The highest BCUT2D eigenvalue weighted by molar-refractivity contribution is 5.90. The standard InChI is InChI=1S/C24H38N2O3/c1-2-3-4-5-6-7-8-9-10-11-12-13-14-15-16-17-24(27)25-22-18-20-23(21-19-22)26(28)29/h9-10,18-21H,2-8,11-17H2,1H3,(H,25,27)/b10-9-. The van der Waals surface area contributed by atoms with E-state index in [1.54, 1.807) is 12.1 Å². The third kappa shape index (κ3) is 13.6. The van der Waals surface area contributed by atoms with Crippen LogP contribution in [0.5, 0.6) is 0 Å².